The maximum absolute atomic E-state index is 11.5. The number of carboxylic acid groups (broad SMARTS) is 2. The van der Waals surface area contributed by atoms with E-state index in [4.69, 9.17) is 10.2 Å². The van der Waals surface area contributed by atoms with Gasteiger partial charge in [0.25, 0.3) is 0 Å². The zero-order valence-corrected chi connectivity index (χ0v) is 12.6. The van der Waals surface area contributed by atoms with Crippen molar-refractivity contribution >= 4 is 25.7 Å². The molecule has 1 aromatic carbocycles. The molecule has 0 heterocycles. The average molecular weight is 331 g/mol. The zero-order valence-electron chi connectivity index (χ0n) is 11.6. The molecule has 0 radical (unpaired) electrons. The summed E-state index contributed by atoms with van der Waals surface area (Å²) in [4.78, 5) is 31.2. The molecule has 0 aliphatic heterocycles. The van der Waals surface area contributed by atoms with E-state index < -0.39 is 38.0 Å². The predicted molar refractivity (Wildman–Crippen MR) is 79.6 cm³/mol. The Labute approximate surface area is 127 Å². The van der Waals surface area contributed by atoms with E-state index in [2.05, 4.69) is 5.32 Å². The van der Waals surface area contributed by atoms with E-state index in [9.17, 15) is 24.2 Å². The number of phenols is 1. The maximum Gasteiger partial charge on any atom is 0.307 e. The van der Waals surface area contributed by atoms with Crippen LogP contribution in [0.15, 0.2) is 24.3 Å². The van der Waals surface area contributed by atoms with Gasteiger partial charge in [-0.05, 0) is 18.6 Å². The number of aromatic hydroxyl groups is 1. The highest BCUT2D eigenvalue weighted by Gasteiger charge is 2.32. The molecule has 8 nitrogen and oxygen atoms in total. The van der Waals surface area contributed by atoms with Gasteiger partial charge in [0.1, 0.15) is 5.75 Å². The minimum Gasteiger partial charge on any atom is -0.506 e. The smallest absolute Gasteiger partial charge is 0.307 e. The molecule has 0 spiro atoms. The monoisotopic (exact) mass is 331 g/mol. The van der Waals surface area contributed by atoms with Crippen LogP contribution >= 0.6 is 8.03 Å². The van der Waals surface area contributed by atoms with Crippen LogP contribution < -0.4 is 5.32 Å². The summed E-state index contributed by atoms with van der Waals surface area (Å²) >= 11 is 0. The van der Waals surface area contributed by atoms with Gasteiger partial charge in [0, 0.05) is 13.0 Å². The van der Waals surface area contributed by atoms with Gasteiger partial charge < -0.3 is 25.5 Å². The summed E-state index contributed by atoms with van der Waals surface area (Å²) in [6, 6.07) is 6.18. The van der Waals surface area contributed by atoms with Crippen molar-refractivity contribution < 1.29 is 34.4 Å². The average Bonchev–Trinajstić information content (AvgIpc) is 2.42. The van der Waals surface area contributed by atoms with Gasteiger partial charge in [-0.25, -0.2) is 0 Å². The Kier molecular flexibility index (Phi) is 6.88. The number of carboxylic acids is 2. The zero-order chi connectivity index (χ0) is 16.7. The second-order valence-electron chi connectivity index (χ2n) is 4.72. The molecule has 3 atom stereocenters. The van der Waals surface area contributed by atoms with E-state index in [0.29, 0.717) is 5.69 Å². The van der Waals surface area contributed by atoms with Gasteiger partial charge in [0.15, 0.2) is 8.03 Å². The summed E-state index contributed by atoms with van der Waals surface area (Å²) in [5.41, 5.74) is -0.834. The van der Waals surface area contributed by atoms with Gasteiger partial charge >= 0.3 is 11.9 Å². The molecule has 22 heavy (non-hydrogen) atoms. The van der Waals surface area contributed by atoms with Crippen LogP contribution in [0, 0.1) is 5.92 Å². The quantitative estimate of drug-likeness (QED) is 0.335. The Bertz CT molecular complexity index is 563. The molecule has 0 amide bonds. The molecule has 122 valence electrons. The Morgan fingerprint density at radius 1 is 1.23 bits per heavy atom. The van der Waals surface area contributed by atoms with E-state index in [1.807, 2.05) is 0 Å². The molecule has 3 unspecified atom stereocenters. The largest absolute Gasteiger partial charge is 0.506 e. The molecule has 1 aromatic rings. The van der Waals surface area contributed by atoms with Crippen molar-refractivity contribution in [3.8, 4) is 5.75 Å². The van der Waals surface area contributed by atoms with Gasteiger partial charge in [0.05, 0.1) is 17.3 Å². The van der Waals surface area contributed by atoms with Crippen LogP contribution in [0.25, 0.3) is 0 Å². The van der Waals surface area contributed by atoms with E-state index in [-0.39, 0.29) is 18.7 Å². The highest BCUT2D eigenvalue weighted by Crippen LogP contribution is 2.33. The molecule has 1 rings (SSSR count). The number of hydrogen-bond acceptors (Lipinski definition) is 5. The molecule has 0 fully saturated rings. The third-order valence-electron chi connectivity index (χ3n) is 3.21. The fraction of sp³-hybridized carbons (Fsp3) is 0.385. The van der Waals surface area contributed by atoms with Crippen LogP contribution in [0.5, 0.6) is 5.75 Å². The maximum atomic E-state index is 11.5. The topological polar surface area (TPSA) is 144 Å². The summed E-state index contributed by atoms with van der Waals surface area (Å²) < 4.78 is 11.5. The lowest BCUT2D eigenvalue weighted by Gasteiger charge is -2.22. The number of aliphatic carboxylic acids is 2. The number of nitrogens with one attached hydrogen (secondary N) is 1. The lowest BCUT2D eigenvalue weighted by Crippen LogP contribution is -2.32. The van der Waals surface area contributed by atoms with Crippen LogP contribution in [0.2, 0.25) is 0 Å². The first-order valence-electron chi connectivity index (χ1n) is 6.52. The fourth-order valence-electron chi connectivity index (χ4n) is 2.02. The van der Waals surface area contributed by atoms with Crippen LogP contribution in [0.3, 0.4) is 0 Å². The Balaban J connectivity index is 2.82. The first-order chi connectivity index (χ1) is 10.3. The SMILES string of the molecule is O=C(O)CCC(C(=O)O)C(CNc1ccccc1O)[PH](=O)O. The molecule has 0 saturated heterocycles. The Morgan fingerprint density at radius 2 is 1.86 bits per heavy atom. The van der Waals surface area contributed by atoms with Gasteiger partial charge in [-0.15, -0.1) is 0 Å². The van der Waals surface area contributed by atoms with Gasteiger partial charge in [0.2, 0.25) is 0 Å². The van der Waals surface area contributed by atoms with Crippen molar-refractivity contribution in [1.29, 1.82) is 0 Å². The number of rotatable bonds is 9. The van der Waals surface area contributed by atoms with Crippen LogP contribution in [-0.4, -0.2) is 44.4 Å². The van der Waals surface area contributed by atoms with E-state index >= 15 is 0 Å². The van der Waals surface area contributed by atoms with Crippen molar-refractivity contribution in [1.82, 2.24) is 0 Å². The first-order valence-corrected chi connectivity index (χ1v) is 7.95. The highest BCUT2D eigenvalue weighted by atomic mass is 31.1. The molecule has 9 heteroatoms. The first kappa shape index (κ1) is 18.0. The highest BCUT2D eigenvalue weighted by molar-refractivity contribution is 7.39. The van der Waals surface area contributed by atoms with Crippen LogP contribution in [0.4, 0.5) is 5.69 Å². The molecule has 0 aliphatic carbocycles. The number of para-hydroxylation sites is 2. The third kappa shape index (κ3) is 5.38. The van der Waals surface area contributed by atoms with Crippen molar-refractivity contribution in [3.05, 3.63) is 24.3 Å². The molecule has 0 aliphatic rings. The number of benzene rings is 1. The van der Waals surface area contributed by atoms with Crippen molar-refractivity contribution in [2.45, 2.75) is 18.5 Å². The second kappa shape index (κ2) is 8.41. The minimum absolute atomic E-state index is 0.0729. The van der Waals surface area contributed by atoms with Crippen LogP contribution in [-0.2, 0) is 14.2 Å². The predicted octanol–water partition coefficient (Wildman–Crippen LogP) is 1.21. The fourth-order valence-corrected chi connectivity index (χ4v) is 2.95. The standard InChI is InChI=1S/C13H18NO7P/c15-10-4-2-1-3-9(10)14-7-11(22(20)21)8(13(18)19)5-6-12(16)17/h1-4,8,11,14-15,22H,5-7H2,(H,16,17)(H,18,19)(H,20,21). The van der Waals surface area contributed by atoms with E-state index in [1.54, 1.807) is 12.1 Å². The molecule has 0 bridgehead atoms. The number of carbonyl (C=O) groups is 2. The minimum atomic E-state index is -3.21. The summed E-state index contributed by atoms with van der Waals surface area (Å²) in [5.74, 6) is -3.82. The summed E-state index contributed by atoms with van der Waals surface area (Å²) in [6.07, 6.45) is -0.645. The normalized spacial score (nSPS) is 14.8. The molecule has 0 saturated carbocycles. The molecular formula is C13H18NO7P. The number of anilines is 1. The van der Waals surface area contributed by atoms with Gasteiger partial charge in [-0.1, -0.05) is 12.1 Å². The van der Waals surface area contributed by atoms with Crippen LogP contribution in [0.1, 0.15) is 12.8 Å². The molecule has 5 N–H and O–H groups in total. The van der Waals surface area contributed by atoms with Crippen molar-refractivity contribution in [2.24, 2.45) is 5.92 Å². The summed E-state index contributed by atoms with van der Waals surface area (Å²) in [6.45, 7) is -0.164. The molecule has 0 aromatic heterocycles. The van der Waals surface area contributed by atoms with E-state index in [1.165, 1.54) is 12.1 Å². The molecular weight excluding hydrogens is 313 g/mol. The van der Waals surface area contributed by atoms with Gasteiger partial charge in [-0.2, -0.15) is 0 Å². The third-order valence-corrected chi connectivity index (χ3v) is 4.45. The number of phenolic OH excluding ortho intramolecular Hbond substituents is 1. The van der Waals surface area contributed by atoms with Crippen molar-refractivity contribution in [3.63, 3.8) is 0 Å². The van der Waals surface area contributed by atoms with Crippen molar-refractivity contribution in [2.75, 3.05) is 11.9 Å². The second-order valence-corrected chi connectivity index (χ2v) is 6.14. The summed E-state index contributed by atoms with van der Waals surface area (Å²) in [5, 5.41) is 30.1. The Morgan fingerprint density at radius 3 is 2.36 bits per heavy atom. The Hall–Kier alpha value is -2.05. The lowest BCUT2D eigenvalue weighted by molar-refractivity contribution is -0.142. The number of hydrogen-bond donors (Lipinski definition) is 5. The van der Waals surface area contributed by atoms with E-state index in [0.717, 1.165) is 0 Å². The van der Waals surface area contributed by atoms with Gasteiger partial charge in [-0.3, -0.25) is 14.2 Å². The lowest BCUT2D eigenvalue weighted by atomic mass is 9.99. The summed E-state index contributed by atoms with van der Waals surface area (Å²) in [7, 11) is -3.21.